The Morgan fingerprint density at radius 2 is 0.757 bits per heavy atom. The van der Waals surface area contributed by atoms with E-state index in [0.717, 1.165) is 19.6 Å². The number of rotatable bonds is 8. The molecule has 0 radical (unpaired) electrons. The lowest BCUT2D eigenvalue weighted by Crippen LogP contribution is -3.09. The standard InChI is InChI=1S/C35H31BN/c1-6-17-31(18-7-1)29-37(30-32-19-8-2-9-20-32)28-16-27-36(33-21-10-3-11-22-33,34-23-12-4-13-24-34)35-25-14-5-15-26-35/h1-15,17-26H,28-30H2/q-1/p+1. The average molecular weight is 477 g/mol. The van der Waals surface area contributed by atoms with Crippen molar-refractivity contribution in [2.45, 2.75) is 13.1 Å². The first-order valence-corrected chi connectivity index (χ1v) is 13.1. The van der Waals surface area contributed by atoms with Crippen molar-refractivity contribution in [3.8, 4) is 11.7 Å². The summed E-state index contributed by atoms with van der Waals surface area (Å²) in [6, 6.07) is 53.9. The van der Waals surface area contributed by atoms with E-state index in [4.69, 9.17) is 0 Å². The Labute approximate surface area is 221 Å². The molecule has 0 heterocycles. The molecule has 0 unspecified atom stereocenters. The van der Waals surface area contributed by atoms with Crippen LogP contribution in [0.25, 0.3) is 0 Å². The summed E-state index contributed by atoms with van der Waals surface area (Å²) in [6.45, 7) is 2.64. The van der Waals surface area contributed by atoms with Crippen molar-refractivity contribution < 1.29 is 4.90 Å². The first-order chi connectivity index (χ1) is 18.3. The Hall–Kier alpha value is -4.32. The number of benzene rings is 5. The molecule has 0 aliphatic heterocycles. The summed E-state index contributed by atoms with van der Waals surface area (Å²) >= 11 is 0. The van der Waals surface area contributed by atoms with Crippen LogP contribution in [0.2, 0.25) is 0 Å². The first kappa shape index (κ1) is 24.4. The van der Waals surface area contributed by atoms with Gasteiger partial charge < -0.3 is 4.90 Å². The maximum atomic E-state index is 3.88. The van der Waals surface area contributed by atoms with Crippen molar-refractivity contribution in [2.24, 2.45) is 0 Å². The Morgan fingerprint density at radius 1 is 0.432 bits per heavy atom. The quantitative estimate of drug-likeness (QED) is 0.255. The van der Waals surface area contributed by atoms with E-state index in [9.17, 15) is 0 Å². The van der Waals surface area contributed by atoms with Crippen LogP contribution in [0.1, 0.15) is 11.1 Å². The van der Waals surface area contributed by atoms with Crippen molar-refractivity contribution in [2.75, 3.05) is 6.54 Å². The summed E-state index contributed by atoms with van der Waals surface area (Å²) in [6.07, 6.45) is -1.45. The average Bonchev–Trinajstić information content (AvgIpc) is 2.98. The summed E-state index contributed by atoms with van der Waals surface area (Å²) in [7, 11) is 0. The molecule has 0 saturated carbocycles. The van der Waals surface area contributed by atoms with Gasteiger partial charge in [0.2, 0.25) is 0 Å². The van der Waals surface area contributed by atoms with Gasteiger partial charge in [-0.2, -0.15) is 16.4 Å². The lowest BCUT2D eigenvalue weighted by Gasteiger charge is -2.38. The molecule has 0 aliphatic carbocycles. The topological polar surface area (TPSA) is 4.44 Å². The van der Waals surface area contributed by atoms with E-state index in [-0.39, 0.29) is 0 Å². The summed E-state index contributed by atoms with van der Waals surface area (Å²) < 4.78 is 0. The van der Waals surface area contributed by atoms with Gasteiger partial charge in [-0.1, -0.05) is 158 Å². The molecule has 180 valence electrons. The minimum absolute atomic E-state index is 0.764. The van der Waals surface area contributed by atoms with Gasteiger partial charge in [-0.05, 0) is 0 Å². The molecule has 0 amide bonds. The van der Waals surface area contributed by atoms with Crippen LogP contribution in [0.4, 0.5) is 0 Å². The van der Waals surface area contributed by atoms with Gasteiger partial charge in [0.15, 0.2) is 0 Å². The molecule has 0 atom stereocenters. The highest BCUT2D eigenvalue weighted by atomic mass is 15.1. The van der Waals surface area contributed by atoms with E-state index in [1.54, 1.807) is 0 Å². The Bertz CT molecular complexity index is 1290. The van der Waals surface area contributed by atoms with E-state index in [1.807, 2.05) is 0 Å². The third-order valence-electron chi connectivity index (χ3n) is 7.15. The van der Waals surface area contributed by atoms with E-state index in [0.29, 0.717) is 0 Å². The third kappa shape index (κ3) is 5.92. The lowest BCUT2D eigenvalue weighted by molar-refractivity contribution is -0.920. The highest BCUT2D eigenvalue weighted by Crippen LogP contribution is 2.07. The summed E-state index contributed by atoms with van der Waals surface area (Å²) in [5.41, 5.74) is 6.42. The van der Waals surface area contributed by atoms with E-state index < -0.39 is 6.15 Å². The van der Waals surface area contributed by atoms with Gasteiger partial charge in [-0.15, -0.1) is 0 Å². The van der Waals surface area contributed by atoms with Crippen molar-refractivity contribution in [3.63, 3.8) is 0 Å². The number of nitrogens with one attached hydrogen (secondary N) is 1. The van der Waals surface area contributed by atoms with Gasteiger partial charge in [0, 0.05) is 11.1 Å². The monoisotopic (exact) mass is 477 g/mol. The van der Waals surface area contributed by atoms with E-state index in [1.165, 1.54) is 32.4 Å². The number of hydrogen-bond donors (Lipinski definition) is 1. The second kappa shape index (κ2) is 12.1. The third-order valence-corrected chi connectivity index (χ3v) is 7.15. The maximum Gasteiger partial charge on any atom is 0.149 e. The molecule has 5 aromatic carbocycles. The van der Waals surface area contributed by atoms with Crippen LogP contribution in [0.5, 0.6) is 0 Å². The zero-order valence-electron chi connectivity index (χ0n) is 21.1. The highest BCUT2D eigenvalue weighted by Gasteiger charge is 2.27. The number of hydrogen-bond acceptors (Lipinski definition) is 0. The van der Waals surface area contributed by atoms with Crippen LogP contribution in [-0.2, 0) is 13.1 Å². The van der Waals surface area contributed by atoms with Crippen LogP contribution in [0.15, 0.2) is 152 Å². The minimum atomic E-state index is -1.45. The molecular formula is C35H32BN. The van der Waals surface area contributed by atoms with Crippen LogP contribution in [-0.4, -0.2) is 12.7 Å². The second-order valence-electron chi connectivity index (χ2n) is 9.67. The zero-order chi connectivity index (χ0) is 25.2. The molecule has 1 nitrogen and oxygen atoms in total. The van der Waals surface area contributed by atoms with Crippen LogP contribution in [0.3, 0.4) is 0 Å². The van der Waals surface area contributed by atoms with Crippen LogP contribution in [0, 0.1) is 11.7 Å². The van der Waals surface area contributed by atoms with Crippen molar-refractivity contribution in [3.05, 3.63) is 163 Å². The predicted molar refractivity (Wildman–Crippen MR) is 158 cm³/mol. The van der Waals surface area contributed by atoms with Gasteiger partial charge in [0.05, 0.1) is 0 Å². The zero-order valence-corrected chi connectivity index (χ0v) is 21.1. The van der Waals surface area contributed by atoms with E-state index in [2.05, 4.69) is 163 Å². The second-order valence-corrected chi connectivity index (χ2v) is 9.67. The maximum absolute atomic E-state index is 3.88. The molecule has 0 spiro atoms. The van der Waals surface area contributed by atoms with Crippen LogP contribution < -0.4 is 21.3 Å². The fourth-order valence-corrected chi connectivity index (χ4v) is 5.34. The molecule has 5 aromatic rings. The Kier molecular flexibility index (Phi) is 7.96. The fourth-order valence-electron chi connectivity index (χ4n) is 5.34. The van der Waals surface area contributed by atoms with Gasteiger partial charge >= 0.3 is 0 Å². The van der Waals surface area contributed by atoms with Gasteiger partial charge in [-0.3, -0.25) is 5.82 Å². The molecule has 0 aromatic heterocycles. The molecule has 0 aliphatic rings. The molecule has 2 heteroatoms. The van der Waals surface area contributed by atoms with Crippen molar-refractivity contribution in [1.82, 2.24) is 0 Å². The van der Waals surface area contributed by atoms with Crippen molar-refractivity contribution >= 4 is 22.5 Å². The Balaban J connectivity index is 1.56. The SMILES string of the molecule is C(#C[B-](c1ccccc1)(c1ccccc1)c1ccccc1)C[NH+](Cc1ccccc1)Cc1ccccc1. The number of quaternary nitrogens is 1. The molecule has 0 bridgehead atoms. The molecular weight excluding hydrogens is 445 g/mol. The summed E-state index contributed by atoms with van der Waals surface area (Å²) in [5.74, 6) is 7.58. The van der Waals surface area contributed by atoms with Gasteiger partial charge in [0.25, 0.3) is 0 Å². The van der Waals surface area contributed by atoms with Gasteiger partial charge in [-0.25, -0.2) is 0 Å². The summed E-state index contributed by atoms with van der Waals surface area (Å²) in [4.78, 5) is 1.43. The molecule has 0 saturated heterocycles. The molecule has 37 heavy (non-hydrogen) atoms. The van der Waals surface area contributed by atoms with Crippen molar-refractivity contribution in [1.29, 1.82) is 0 Å². The van der Waals surface area contributed by atoms with Crippen LogP contribution >= 0.6 is 0 Å². The highest BCUT2D eigenvalue weighted by molar-refractivity contribution is 7.16. The minimum Gasteiger partial charge on any atom is -0.317 e. The molecule has 1 N–H and O–H groups in total. The largest absolute Gasteiger partial charge is 0.317 e. The molecule has 0 fully saturated rings. The van der Waals surface area contributed by atoms with Gasteiger partial charge in [0.1, 0.15) is 25.8 Å². The predicted octanol–water partition coefficient (Wildman–Crippen LogP) is 3.98. The Morgan fingerprint density at radius 3 is 1.11 bits per heavy atom. The smallest absolute Gasteiger partial charge is 0.149 e. The lowest BCUT2D eigenvalue weighted by atomic mass is 9.16. The summed E-state index contributed by atoms with van der Waals surface area (Å²) in [5, 5.41) is 0. The van der Waals surface area contributed by atoms with E-state index >= 15 is 0 Å². The first-order valence-electron chi connectivity index (χ1n) is 13.1. The normalized spacial score (nSPS) is 11.1. The molecule has 5 rings (SSSR count). The fraction of sp³-hybridized carbons (Fsp3) is 0.0857.